The summed E-state index contributed by atoms with van der Waals surface area (Å²) < 4.78 is 11.5. The zero-order valence-corrected chi connectivity index (χ0v) is 21.3. The number of amides is 1. The summed E-state index contributed by atoms with van der Waals surface area (Å²) in [5.41, 5.74) is 0.893. The van der Waals surface area contributed by atoms with Crippen molar-refractivity contribution in [1.29, 1.82) is 0 Å². The Morgan fingerprint density at radius 2 is 1.84 bits per heavy atom. The number of hydrazone groups is 1. The van der Waals surface area contributed by atoms with Gasteiger partial charge in [-0.05, 0) is 42.6 Å². The quantitative estimate of drug-likeness (QED) is 0.409. The van der Waals surface area contributed by atoms with Crippen molar-refractivity contribution in [2.45, 2.75) is 84.8 Å². The standard InChI is InChI=1S/C25H38N2O4Si/c1-17(2)20-13-12-18(3)22(14-20)31-24(28)21-15-23(32(4,5)6)26-27(21)25(29)30-16-19-10-8-7-9-11-19/h7-11,17-18,20-22H,12-16H2,1-6H3/t18-,20-,21?,22+/m1/s1. The summed E-state index contributed by atoms with van der Waals surface area (Å²) in [5.74, 6) is 1.10. The Balaban J connectivity index is 1.70. The maximum absolute atomic E-state index is 13.3. The van der Waals surface area contributed by atoms with Crippen LogP contribution in [0.2, 0.25) is 19.6 Å². The first kappa shape index (κ1) is 24.5. The number of carbonyl (C=O) groups is 2. The predicted octanol–water partition coefficient (Wildman–Crippen LogP) is 5.63. The fourth-order valence-corrected chi connectivity index (χ4v) is 5.63. The summed E-state index contributed by atoms with van der Waals surface area (Å²) in [6, 6.07) is 8.77. The molecule has 1 heterocycles. The van der Waals surface area contributed by atoms with Gasteiger partial charge in [-0.25, -0.2) is 9.59 Å². The lowest BCUT2D eigenvalue weighted by molar-refractivity contribution is -0.160. The van der Waals surface area contributed by atoms with Crippen LogP contribution in [0.3, 0.4) is 0 Å². The molecule has 1 aromatic carbocycles. The molecule has 0 aromatic heterocycles. The molecular weight excluding hydrogens is 420 g/mol. The molecule has 0 saturated heterocycles. The molecule has 1 aliphatic carbocycles. The fraction of sp³-hybridized carbons (Fsp3) is 0.640. The van der Waals surface area contributed by atoms with Gasteiger partial charge >= 0.3 is 12.1 Å². The van der Waals surface area contributed by atoms with Crippen LogP contribution >= 0.6 is 0 Å². The lowest BCUT2D eigenvalue weighted by Gasteiger charge is -2.36. The molecular formula is C25H38N2O4Si. The molecule has 1 aliphatic heterocycles. The van der Waals surface area contributed by atoms with Crippen LogP contribution in [-0.2, 0) is 20.9 Å². The van der Waals surface area contributed by atoms with Gasteiger partial charge in [-0.1, -0.05) is 70.7 Å². The normalized spacial score (nSPS) is 26.1. The number of esters is 1. The number of hydrogen-bond acceptors (Lipinski definition) is 5. The maximum Gasteiger partial charge on any atom is 0.431 e. The average molecular weight is 459 g/mol. The molecule has 32 heavy (non-hydrogen) atoms. The number of ether oxygens (including phenoxy) is 2. The van der Waals surface area contributed by atoms with Gasteiger partial charge in [0, 0.05) is 11.8 Å². The van der Waals surface area contributed by atoms with Gasteiger partial charge in [0.05, 0.1) is 8.07 Å². The minimum absolute atomic E-state index is 0.109. The molecule has 3 rings (SSSR count). The fourth-order valence-electron chi connectivity index (χ4n) is 4.41. The SMILES string of the molecule is CC(C)[C@@H]1CC[C@@H](C)[C@@H](OC(=O)C2CC([Si](C)(C)C)=NN2C(=O)OCc2ccccc2)C1. The van der Waals surface area contributed by atoms with Gasteiger partial charge in [-0.3, -0.25) is 0 Å². The molecule has 2 aliphatic rings. The van der Waals surface area contributed by atoms with Crippen molar-refractivity contribution in [1.82, 2.24) is 5.01 Å². The van der Waals surface area contributed by atoms with Crippen molar-refractivity contribution in [2.24, 2.45) is 22.9 Å². The Kier molecular flexibility index (Phi) is 7.80. The number of carbonyl (C=O) groups excluding carboxylic acids is 2. The molecule has 1 aromatic rings. The molecule has 0 N–H and O–H groups in total. The van der Waals surface area contributed by atoms with Gasteiger partial charge in [0.25, 0.3) is 0 Å². The predicted molar refractivity (Wildman–Crippen MR) is 129 cm³/mol. The first-order valence-electron chi connectivity index (χ1n) is 11.8. The minimum atomic E-state index is -1.79. The smallest absolute Gasteiger partial charge is 0.431 e. The Bertz CT molecular complexity index is 834. The number of benzene rings is 1. The molecule has 1 amide bonds. The molecule has 6 nitrogen and oxygen atoms in total. The van der Waals surface area contributed by atoms with Crippen LogP contribution in [0.1, 0.15) is 52.0 Å². The van der Waals surface area contributed by atoms with E-state index in [1.807, 2.05) is 30.3 Å². The maximum atomic E-state index is 13.3. The zero-order chi connectivity index (χ0) is 23.5. The van der Waals surface area contributed by atoms with Gasteiger partial charge in [0.2, 0.25) is 0 Å². The highest BCUT2D eigenvalue weighted by Crippen LogP contribution is 2.36. The van der Waals surface area contributed by atoms with E-state index >= 15 is 0 Å². The van der Waals surface area contributed by atoms with E-state index in [1.54, 1.807) is 0 Å². The Labute approximate surface area is 193 Å². The highest BCUT2D eigenvalue weighted by atomic mass is 28.3. The minimum Gasteiger partial charge on any atom is -0.460 e. The van der Waals surface area contributed by atoms with Crippen LogP contribution in [0.25, 0.3) is 0 Å². The summed E-state index contributed by atoms with van der Waals surface area (Å²) in [7, 11) is -1.79. The summed E-state index contributed by atoms with van der Waals surface area (Å²) in [5, 5.41) is 6.73. The number of hydrogen-bond donors (Lipinski definition) is 0. The van der Waals surface area contributed by atoms with Crippen molar-refractivity contribution in [3.63, 3.8) is 0 Å². The van der Waals surface area contributed by atoms with Gasteiger partial charge in [-0.15, -0.1) is 0 Å². The third-order valence-electron chi connectivity index (χ3n) is 6.81. The van der Waals surface area contributed by atoms with Gasteiger partial charge in [0.15, 0.2) is 6.04 Å². The molecule has 0 spiro atoms. The van der Waals surface area contributed by atoms with E-state index < -0.39 is 20.2 Å². The van der Waals surface area contributed by atoms with Crippen molar-refractivity contribution in [3.05, 3.63) is 35.9 Å². The third kappa shape index (κ3) is 6.00. The van der Waals surface area contributed by atoms with E-state index in [2.05, 4.69) is 45.5 Å². The van der Waals surface area contributed by atoms with E-state index in [0.29, 0.717) is 24.2 Å². The van der Waals surface area contributed by atoms with E-state index in [0.717, 1.165) is 23.7 Å². The first-order valence-corrected chi connectivity index (χ1v) is 15.3. The highest BCUT2D eigenvalue weighted by Gasteiger charge is 2.44. The third-order valence-corrected chi connectivity index (χ3v) is 8.85. The van der Waals surface area contributed by atoms with Crippen molar-refractivity contribution < 1.29 is 19.1 Å². The molecule has 0 bridgehead atoms. The second-order valence-electron chi connectivity index (χ2n) is 10.7. The second kappa shape index (κ2) is 10.2. The summed E-state index contributed by atoms with van der Waals surface area (Å²) >= 11 is 0. The zero-order valence-electron chi connectivity index (χ0n) is 20.3. The molecule has 1 unspecified atom stereocenters. The molecule has 1 saturated carbocycles. The van der Waals surface area contributed by atoms with E-state index in [4.69, 9.17) is 9.47 Å². The van der Waals surface area contributed by atoms with Crippen LogP contribution < -0.4 is 0 Å². The Morgan fingerprint density at radius 1 is 1.16 bits per heavy atom. The first-order chi connectivity index (χ1) is 15.1. The number of rotatable bonds is 6. The Morgan fingerprint density at radius 3 is 2.47 bits per heavy atom. The summed E-state index contributed by atoms with van der Waals surface area (Å²) in [4.78, 5) is 26.2. The molecule has 4 atom stereocenters. The lowest BCUT2D eigenvalue weighted by atomic mass is 9.76. The van der Waals surface area contributed by atoms with Crippen LogP contribution in [-0.4, -0.2) is 42.6 Å². The van der Waals surface area contributed by atoms with Crippen molar-refractivity contribution >= 4 is 25.5 Å². The average Bonchev–Trinajstić information content (AvgIpc) is 3.20. The molecule has 176 valence electrons. The van der Waals surface area contributed by atoms with Gasteiger partial charge in [0.1, 0.15) is 12.7 Å². The lowest BCUT2D eigenvalue weighted by Crippen LogP contribution is -2.43. The van der Waals surface area contributed by atoms with E-state index in [-0.39, 0.29) is 18.7 Å². The molecule has 7 heteroatoms. The summed E-state index contributed by atoms with van der Waals surface area (Å²) in [6.07, 6.45) is 2.85. The second-order valence-corrected chi connectivity index (χ2v) is 15.7. The van der Waals surface area contributed by atoms with Crippen LogP contribution in [0, 0.1) is 17.8 Å². The van der Waals surface area contributed by atoms with Crippen LogP contribution in [0.5, 0.6) is 0 Å². The summed E-state index contributed by atoms with van der Waals surface area (Å²) in [6.45, 7) is 13.3. The van der Waals surface area contributed by atoms with Crippen LogP contribution in [0.4, 0.5) is 4.79 Å². The van der Waals surface area contributed by atoms with Crippen molar-refractivity contribution in [2.75, 3.05) is 0 Å². The van der Waals surface area contributed by atoms with Crippen molar-refractivity contribution in [3.8, 4) is 0 Å². The largest absolute Gasteiger partial charge is 0.460 e. The van der Waals surface area contributed by atoms with E-state index in [1.165, 1.54) is 11.4 Å². The topological polar surface area (TPSA) is 68.2 Å². The van der Waals surface area contributed by atoms with E-state index in [9.17, 15) is 9.59 Å². The van der Waals surface area contributed by atoms with Gasteiger partial charge in [-0.2, -0.15) is 10.1 Å². The van der Waals surface area contributed by atoms with Crippen LogP contribution in [0.15, 0.2) is 35.4 Å². The monoisotopic (exact) mass is 458 g/mol. The molecule has 1 fully saturated rings. The molecule has 0 radical (unpaired) electrons. The number of nitrogens with zero attached hydrogens (tertiary/aromatic N) is 2. The highest BCUT2D eigenvalue weighted by molar-refractivity contribution is 7.04. The van der Waals surface area contributed by atoms with Gasteiger partial charge < -0.3 is 9.47 Å². The Hall–Kier alpha value is -2.15.